The summed E-state index contributed by atoms with van der Waals surface area (Å²) < 4.78 is 2.05. The number of aromatic nitrogens is 2. The van der Waals surface area contributed by atoms with E-state index in [1.807, 2.05) is 28.8 Å². The van der Waals surface area contributed by atoms with E-state index in [2.05, 4.69) is 25.1 Å². The molecule has 0 fully saturated rings. The second kappa shape index (κ2) is 5.58. The summed E-state index contributed by atoms with van der Waals surface area (Å²) in [6.07, 6.45) is 0.983. The Labute approximate surface area is 123 Å². The van der Waals surface area contributed by atoms with Crippen molar-refractivity contribution >= 4 is 16.7 Å². The molecule has 0 atom stereocenters. The van der Waals surface area contributed by atoms with Gasteiger partial charge < -0.3 is 15.4 Å². The highest BCUT2D eigenvalue weighted by Gasteiger charge is 2.12. The van der Waals surface area contributed by atoms with Crippen molar-refractivity contribution < 1.29 is 5.11 Å². The molecule has 0 radical (unpaired) electrons. The fourth-order valence-corrected chi connectivity index (χ4v) is 2.62. The summed E-state index contributed by atoms with van der Waals surface area (Å²) in [5, 5.41) is 9.35. The van der Waals surface area contributed by atoms with Gasteiger partial charge in [-0.25, -0.2) is 4.98 Å². The smallest absolute Gasteiger partial charge is 0.141 e. The van der Waals surface area contributed by atoms with E-state index >= 15 is 0 Å². The van der Waals surface area contributed by atoms with E-state index in [1.165, 1.54) is 5.56 Å². The van der Waals surface area contributed by atoms with Gasteiger partial charge in [-0.05, 0) is 36.2 Å². The third kappa shape index (κ3) is 2.50. The number of rotatable bonds is 4. The van der Waals surface area contributed by atoms with Gasteiger partial charge in [-0.1, -0.05) is 25.1 Å². The number of aryl methyl sites for hydroxylation is 1. The quantitative estimate of drug-likeness (QED) is 0.723. The lowest BCUT2D eigenvalue weighted by atomic mass is 10.1. The molecule has 0 aliphatic rings. The molecule has 108 valence electrons. The van der Waals surface area contributed by atoms with Gasteiger partial charge in [0.15, 0.2) is 0 Å². The molecule has 4 nitrogen and oxygen atoms in total. The zero-order chi connectivity index (χ0) is 14.8. The van der Waals surface area contributed by atoms with Gasteiger partial charge in [0.1, 0.15) is 5.82 Å². The molecule has 4 heteroatoms. The van der Waals surface area contributed by atoms with E-state index < -0.39 is 0 Å². The van der Waals surface area contributed by atoms with Crippen LogP contribution in [0.25, 0.3) is 22.4 Å². The van der Waals surface area contributed by atoms with E-state index in [1.54, 1.807) is 0 Å². The number of nitrogen functional groups attached to an aromatic ring is 1. The average molecular weight is 281 g/mol. The van der Waals surface area contributed by atoms with Crippen molar-refractivity contribution in [3.63, 3.8) is 0 Å². The largest absolute Gasteiger partial charge is 0.399 e. The number of nitrogens with zero attached hydrogens (tertiary/aromatic N) is 2. The number of nitrogens with two attached hydrogens (primary N) is 1. The second-order valence-electron chi connectivity index (χ2n) is 5.11. The van der Waals surface area contributed by atoms with Crippen LogP contribution in [0.1, 0.15) is 12.5 Å². The number of imidazole rings is 1. The van der Waals surface area contributed by atoms with Crippen molar-refractivity contribution in [1.82, 2.24) is 9.55 Å². The van der Waals surface area contributed by atoms with Gasteiger partial charge in [0.05, 0.1) is 17.6 Å². The van der Waals surface area contributed by atoms with Crippen LogP contribution < -0.4 is 5.73 Å². The monoisotopic (exact) mass is 281 g/mol. The average Bonchev–Trinajstić information content (AvgIpc) is 2.85. The Kier molecular flexibility index (Phi) is 3.62. The van der Waals surface area contributed by atoms with E-state index in [0.29, 0.717) is 12.2 Å². The Morgan fingerprint density at radius 2 is 2.05 bits per heavy atom. The number of hydrogen-bond acceptors (Lipinski definition) is 3. The normalized spacial score (nSPS) is 11.1. The molecule has 0 aliphatic heterocycles. The molecule has 3 N–H and O–H groups in total. The van der Waals surface area contributed by atoms with Crippen LogP contribution in [-0.2, 0) is 13.0 Å². The molecule has 3 aromatic rings. The number of benzene rings is 2. The molecule has 1 heterocycles. The van der Waals surface area contributed by atoms with Crippen molar-refractivity contribution in [3.8, 4) is 11.4 Å². The Hall–Kier alpha value is -2.33. The van der Waals surface area contributed by atoms with Gasteiger partial charge in [0.2, 0.25) is 0 Å². The van der Waals surface area contributed by atoms with Crippen LogP contribution >= 0.6 is 0 Å². The summed E-state index contributed by atoms with van der Waals surface area (Å²) in [4.78, 5) is 4.75. The standard InChI is InChI=1S/C17H19N3O/c1-2-12-6-7-16-15(10-12)19-17(20(16)8-9-21)13-4-3-5-14(18)11-13/h3-7,10-11,21H,2,8-9,18H2,1H3. The van der Waals surface area contributed by atoms with E-state index in [0.717, 1.165) is 28.8 Å². The molecule has 21 heavy (non-hydrogen) atoms. The number of aliphatic hydroxyl groups is 1. The van der Waals surface area contributed by atoms with E-state index in [-0.39, 0.29) is 6.61 Å². The maximum atomic E-state index is 9.35. The molecule has 0 aliphatic carbocycles. The summed E-state index contributed by atoms with van der Waals surface area (Å²) in [5.74, 6) is 0.847. The van der Waals surface area contributed by atoms with E-state index in [9.17, 15) is 5.11 Å². The summed E-state index contributed by atoms with van der Waals surface area (Å²) in [5.41, 5.74) is 10.8. The van der Waals surface area contributed by atoms with Crippen molar-refractivity contribution in [2.45, 2.75) is 19.9 Å². The highest BCUT2D eigenvalue weighted by Crippen LogP contribution is 2.26. The minimum absolute atomic E-state index is 0.0797. The van der Waals surface area contributed by atoms with Gasteiger partial charge in [0.25, 0.3) is 0 Å². The van der Waals surface area contributed by atoms with Crippen LogP contribution in [0.2, 0.25) is 0 Å². The lowest BCUT2D eigenvalue weighted by molar-refractivity contribution is 0.278. The molecule has 0 unspecified atom stereocenters. The van der Waals surface area contributed by atoms with Gasteiger partial charge in [-0.2, -0.15) is 0 Å². The van der Waals surface area contributed by atoms with Crippen LogP contribution in [0, 0.1) is 0 Å². The summed E-state index contributed by atoms with van der Waals surface area (Å²) in [7, 11) is 0. The molecule has 2 aromatic carbocycles. The third-order valence-electron chi connectivity index (χ3n) is 3.69. The maximum Gasteiger partial charge on any atom is 0.141 e. The Morgan fingerprint density at radius 3 is 2.76 bits per heavy atom. The molecule has 0 saturated carbocycles. The molecule has 1 aromatic heterocycles. The maximum absolute atomic E-state index is 9.35. The van der Waals surface area contributed by atoms with Crippen molar-refractivity contribution in [2.24, 2.45) is 0 Å². The summed E-state index contributed by atoms with van der Waals surface area (Å²) in [6, 6.07) is 14.0. The molecule has 0 bridgehead atoms. The fourth-order valence-electron chi connectivity index (χ4n) is 2.62. The van der Waals surface area contributed by atoms with Crippen LogP contribution in [0.5, 0.6) is 0 Å². The van der Waals surface area contributed by atoms with Crippen LogP contribution in [0.15, 0.2) is 42.5 Å². The lowest BCUT2D eigenvalue weighted by Gasteiger charge is -2.08. The summed E-state index contributed by atoms with van der Waals surface area (Å²) >= 11 is 0. The summed E-state index contributed by atoms with van der Waals surface area (Å²) in [6.45, 7) is 2.73. The highest BCUT2D eigenvalue weighted by atomic mass is 16.3. The Bertz CT molecular complexity index is 777. The molecule has 0 spiro atoms. The number of fused-ring (bicyclic) bond motifs is 1. The third-order valence-corrected chi connectivity index (χ3v) is 3.69. The first-order valence-electron chi connectivity index (χ1n) is 7.19. The van der Waals surface area contributed by atoms with Crippen LogP contribution in [0.3, 0.4) is 0 Å². The Balaban J connectivity index is 2.23. The molecular weight excluding hydrogens is 262 g/mol. The molecule has 0 amide bonds. The van der Waals surface area contributed by atoms with Crippen LogP contribution in [0.4, 0.5) is 5.69 Å². The second-order valence-corrected chi connectivity index (χ2v) is 5.11. The number of aliphatic hydroxyl groups excluding tert-OH is 1. The first-order chi connectivity index (χ1) is 10.2. The predicted octanol–water partition coefficient (Wildman–Crippen LogP) is 2.84. The van der Waals surface area contributed by atoms with Gasteiger partial charge in [-0.15, -0.1) is 0 Å². The minimum atomic E-state index is 0.0797. The number of hydrogen-bond donors (Lipinski definition) is 2. The van der Waals surface area contributed by atoms with Gasteiger partial charge in [0, 0.05) is 17.8 Å². The zero-order valence-corrected chi connectivity index (χ0v) is 12.1. The molecular formula is C17H19N3O. The first kappa shape index (κ1) is 13.6. The van der Waals surface area contributed by atoms with Crippen molar-refractivity contribution in [1.29, 1.82) is 0 Å². The van der Waals surface area contributed by atoms with Crippen molar-refractivity contribution in [3.05, 3.63) is 48.0 Å². The van der Waals surface area contributed by atoms with E-state index in [4.69, 9.17) is 10.7 Å². The topological polar surface area (TPSA) is 64.1 Å². The van der Waals surface area contributed by atoms with Gasteiger partial charge in [-0.3, -0.25) is 0 Å². The molecule has 3 rings (SSSR count). The predicted molar refractivity (Wildman–Crippen MR) is 86.0 cm³/mol. The van der Waals surface area contributed by atoms with Gasteiger partial charge >= 0.3 is 0 Å². The number of anilines is 1. The van der Waals surface area contributed by atoms with Crippen molar-refractivity contribution in [2.75, 3.05) is 12.3 Å². The minimum Gasteiger partial charge on any atom is -0.399 e. The Morgan fingerprint density at radius 1 is 1.19 bits per heavy atom. The zero-order valence-electron chi connectivity index (χ0n) is 12.1. The SMILES string of the molecule is CCc1ccc2c(c1)nc(-c1cccc(N)c1)n2CCO. The highest BCUT2D eigenvalue weighted by molar-refractivity contribution is 5.81. The lowest BCUT2D eigenvalue weighted by Crippen LogP contribution is -2.04. The first-order valence-corrected chi connectivity index (χ1v) is 7.19. The van der Waals surface area contributed by atoms with Crippen LogP contribution in [-0.4, -0.2) is 21.3 Å². The fraction of sp³-hybridized carbons (Fsp3) is 0.235. The molecule has 0 saturated heterocycles.